The number of benzene rings is 2. The van der Waals surface area contributed by atoms with Crippen LogP contribution in [0.1, 0.15) is 28.4 Å². The maximum atomic E-state index is 12.8. The van der Waals surface area contributed by atoms with E-state index in [0.29, 0.717) is 55.1 Å². The lowest BCUT2D eigenvalue weighted by molar-refractivity contribution is 0.0162. The predicted molar refractivity (Wildman–Crippen MR) is 111 cm³/mol. The number of hydrogen-bond acceptors (Lipinski definition) is 5. The molecule has 1 amide bonds. The van der Waals surface area contributed by atoms with Crippen LogP contribution in [0.4, 0.5) is 0 Å². The number of morpholine rings is 1. The molecule has 6 nitrogen and oxygen atoms in total. The molecule has 154 valence electrons. The second-order valence-electron chi connectivity index (χ2n) is 7.11. The highest BCUT2D eigenvalue weighted by Gasteiger charge is 2.25. The van der Waals surface area contributed by atoms with Gasteiger partial charge in [-0.15, -0.1) is 0 Å². The number of hydrogen-bond donors (Lipinski definition) is 1. The van der Waals surface area contributed by atoms with Gasteiger partial charge < -0.3 is 19.5 Å². The van der Waals surface area contributed by atoms with Crippen LogP contribution in [-0.2, 0) is 4.74 Å². The zero-order valence-corrected chi connectivity index (χ0v) is 17.0. The van der Waals surface area contributed by atoms with Gasteiger partial charge in [-0.3, -0.25) is 9.69 Å². The Bertz CT molecular complexity index is 854. The monoisotopic (exact) mass is 416 g/mol. The minimum absolute atomic E-state index is 0.0167. The molecule has 2 aliphatic heterocycles. The molecule has 1 unspecified atom stereocenters. The van der Waals surface area contributed by atoms with Crippen LogP contribution in [0.5, 0.6) is 11.5 Å². The third-order valence-corrected chi connectivity index (χ3v) is 5.56. The fourth-order valence-electron chi connectivity index (χ4n) is 3.67. The van der Waals surface area contributed by atoms with Crippen molar-refractivity contribution in [2.45, 2.75) is 12.5 Å². The van der Waals surface area contributed by atoms with Gasteiger partial charge in [-0.05, 0) is 29.8 Å². The summed E-state index contributed by atoms with van der Waals surface area (Å²) in [5, 5.41) is 3.77. The van der Waals surface area contributed by atoms with Crippen molar-refractivity contribution in [3.63, 3.8) is 0 Å². The van der Waals surface area contributed by atoms with Gasteiger partial charge in [-0.25, -0.2) is 0 Å². The van der Waals surface area contributed by atoms with Crippen molar-refractivity contribution in [2.75, 3.05) is 46.1 Å². The summed E-state index contributed by atoms with van der Waals surface area (Å²) in [5.74, 6) is 1.15. The Balaban J connectivity index is 1.49. The highest BCUT2D eigenvalue weighted by Crippen LogP contribution is 2.31. The minimum Gasteiger partial charge on any atom is -0.490 e. The van der Waals surface area contributed by atoms with Gasteiger partial charge in [0.15, 0.2) is 11.5 Å². The normalized spacial score (nSPS) is 18.0. The lowest BCUT2D eigenvalue weighted by Gasteiger charge is -2.35. The van der Waals surface area contributed by atoms with Crippen molar-refractivity contribution in [2.24, 2.45) is 0 Å². The third-order valence-electron chi connectivity index (χ3n) is 5.22. The average molecular weight is 417 g/mol. The first-order valence-corrected chi connectivity index (χ1v) is 10.3. The van der Waals surface area contributed by atoms with Crippen molar-refractivity contribution < 1.29 is 19.0 Å². The Morgan fingerprint density at radius 2 is 1.79 bits per heavy atom. The summed E-state index contributed by atoms with van der Waals surface area (Å²) in [6.45, 7) is 4.62. The van der Waals surface area contributed by atoms with Crippen molar-refractivity contribution in [1.29, 1.82) is 0 Å². The van der Waals surface area contributed by atoms with Crippen molar-refractivity contribution in [1.82, 2.24) is 10.2 Å². The van der Waals surface area contributed by atoms with E-state index in [2.05, 4.69) is 10.2 Å². The van der Waals surface area contributed by atoms with Gasteiger partial charge in [0.05, 0.1) is 32.5 Å². The quantitative estimate of drug-likeness (QED) is 0.810. The van der Waals surface area contributed by atoms with E-state index < -0.39 is 0 Å². The van der Waals surface area contributed by atoms with Gasteiger partial charge in [0.1, 0.15) is 0 Å². The van der Waals surface area contributed by atoms with E-state index in [9.17, 15) is 4.79 Å². The molecule has 2 aromatic rings. The van der Waals surface area contributed by atoms with Crippen LogP contribution >= 0.6 is 11.6 Å². The summed E-state index contributed by atoms with van der Waals surface area (Å²) in [5.41, 5.74) is 1.56. The first-order chi connectivity index (χ1) is 14.2. The summed E-state index contributed by atoms with van der Waals surface area (Å²) < 4.78 is 16.8. The van der Waals surface area contributed by atoms with Crippen LogP contribution in [-0.4, -0.2) is 56.9 Å². The number of nitrogens with one attached hydrogen (secondary N) is 1. The summed E-state index contributed by atoms with van der Waals surface area (Å²) in [7, 11) is 0. The smallest absolute Gasteiger partial charge is 0.251 e. The molecular weight excluding hydrogens is 392 g/mol. The van der Waals surface area contributed by atoms with E-state index in [1.54, 1.807) is 18.2 Å². The van der Waals surface area contributed by atoms with Crippen LogP contribution in [0.3, 0.4) is 0 Å². The molecule has 1 N–H and O–H groups in total. The number of nitrogens with zero attached hydrogens (tertiary/aromatic N) is 1. The van der Waals surface area contributed by atoms with E-state index >= 15 is 0 Å². The molecule has 2 heterocycles. The first-order valence-electron chi connectivity index (χ1n) is 9.96. The Labute approximate surface area is 175 Å². The molecule has 2 aromatic carbocycles. The predicted octanol–water partition coefficient (Wildman–Crippen LogP) is 3.30. The van der Waals surface area contributed by atoms with E-state index in [1.807, 2.05) is 24.3 Å². The number of fused-ring (bicyclic) bond motifs is 1. The van der Waals surface area contributed by atoms with Gasteiger partial charge >= 0.3 is 0 Å². The lowest BCUT2D eigenvalue weighted by Crippen LogP contribution is -2.44. The number of carbonyl (C=O) groups is 1. The van der Waals surface area contributed by atoms with E-state index in [1.165, 1.54) is 0 Å². The Morgan fingerprint density at radius 1 is 1.03 bits per heavy atom. The molecule has 2 aliphatic rings. The molecule has 0 aromatic heterocycles. The molecule has 1 saturated heterocycles. The van der Waals surface area contributed by atoms with Crippen LogP contribution in [0.25, 0.3) is 0 Å². The second-order valence-corrected chi connectivity index (χ2v) is 7.51. The summed E-state index contributed by atoms with van der Waals surface area (Å²) in [6.07, 6.45) is 0.829. The molecule has 0 spiro atoms. The minimum atomic E-state index is -0.147. The highest BCUT2D eigenvalue weighted by atomic mass is 35.5. The third kappa shape index (κ3) is 4.83. The van der Waals surface area contributed by atoms with Crippen LogP contribution in [0, 0.1) is 0 Å². The lowest BCUT2D eigenvalue weighted by atomic mass is 10.0. The van der Waals surface area contributed by atoms with Crippen molar-refractivity contribution in [3.05, 3.63) is 58.6 Å². The number of rotatable bonds is 5. The maximum absolute atomic E-state index is 12.8. The van der Waals surface area contributed by atoms with Gasteiger partial charge in [0, 0.05) is 36.6 Å². The highest BCUT2D eigenvalue weighted by molar-refractivity contribution is 6.31. The van der Waals surface area contributed by atoms with Gasteiger partial charge in [-0.2, -0.15) is 0 Å². The Kier molecular flexibility index (Phi) is 6.54. The molecule has 0 saturated carbocycles. The molecule has 4 rings (SSSR count). The average Bonchev–Trinajstić information content (AvgIpc) is 3.00. The number of halogens is 1. The Hall–Kier alpha value is -2.28. The molecule has 0 radical (unpaired) electrons. The van der Waals surface area contributed by atoms with Gasteiger partial charge in [0.25, 0.3) is 5.91 Å². The fraction of sp³-hybridized carbons (Fsp3) is 0.409. The van der Waals surface area contributed by atoms with E-state index in [4.69, 9.17) is 25.8 Å². The maximum Gasteiger partial charge on any atom is 0.251 e. The fourth-order valence-corrected chi connectivity index (χ4v) is 3.93. The molecule has 0 bridgehead atoms. The molecule has 29 heavy (non-hydrogen) atoms. The largest absolute Gasteiger partial charge is 0.490 e. The van der Waals surface area contributed by atoms with Gasteiger partial charge in [-0.1, -0.05) is 29.8 Å². The molecular formula is C22H25ClN2O4. The van der Waals surface area contributed by atoms with Crippen LogP contribution in [0.15, 0.2) is 42.5 Å². The zero-order chi connectivity index (χ0) is 20.1. The zero-order valence-electron chi connectivity index (χ0n) is 16.2. The summed E-state index contributed by atoms with van der Waals surface area (Å²) in [4.78, 5) is 15.1. The summed E-state index contributed by atoms with van der Waals surface area (Å²) >= 11 is 6.46. The van der Waals surface area contributed by atoms with Crippen molar-refractivity contribution >= 4 is 17.5 Å². The molecule has 0 aliphatic carbocycles. The molecule has 1 atom stereocenters. The van der Waals surface area contributed by atoms with E-state index in [0.717, 1.165) is 25.1 Å². The first kappa shape index (κ1) is 20.0. The molecule has 1 fully saturated rings. The number of carbonyl (C=O) groups excluding carboxylic acids is 1. The van der Waals surface area contributed by atoms with Gasteiger partial charge in [0.2, 0.25) is 0 Å². The number of amides is 1. The van der Waals surface area contributed by atoms with E-state index in [-0.39, 0.29) is 11.9 Å². The van der Waals surface area contributed by atoms with Crippen molar-refractivity contribution in [3.8, 4) is 11.5 Å². The summed E-state index contributed by atoms with van der Waals surface area (Å²) in [6, 6.07) is 13.1. The van der Waals surface area contributed by atoms with Crippen LogP contribution < -0.4 is 14.8 Å². The molecule has 7 heteroatoms. The topological polar surface area (TPSA) is 60.0 Å². The van der Waals surface area contributed by atoms with Crippen LogP contribution in [0.2, 0.25) is 5.02 Å². The second kappa shape index (κ2) is 9.48. The number of ether oxygens (including phenoxy) is 3. The SMILES string of the molecule is O=C(NCC(c1ccccc1Cl)N1CCOCC1)c1ccc2c(c1)OCCCO2. The standard InChI is InChI=1S/C22H25ClN2O4/c23-18-5-2-1-4-17(18)19(25-8-12-27-13-9-25)15-24-22(26)16-6-7-20-21(14-16)29-11-3-10-28-20/h1-2,4-7,14,19H,3,8-13,15H2,(H,24,26). The Morgan fingerprint density at radius 3 is 2.59 bits per heavy atom.